The molecular formula is C24H35N5O5. The lowest BCUT2D eigenvalue weighted by Gasteiger charge is -2.34. The highest BCUT2D eigenvalue weighted by Crippen LogP contribution is 2.27. The number of rotatable bonds is 3. The summed E-state index contributed by atoms with van der Waals surface area (Å²) in [6, 6.07) is 4.68. The topological polar surface area (TPSA) is 109 Å². The molecule has 10 heteroatoms. The van der Waals surface area contributed by atoms with Crippen molar-refractivity contribution in [3.63, 3.8) is 0 Å². The number of benzene rings is 1. The molecule has 0 saturated heterocycles. The van der Waals surface area contributed by atoms with Crippen LogP contribution in [0.25, 0.3) is 0 Å². The molecule has 1 aromatic heterocycles. The molecule has 0 saturated carbocycles. The zero-order chi connectivity index (χ0) is 25.0. The van der Waals surface area contributed by atoms with E-state index in [1.165, 1.54) is 0 Å². The average molecular weight is 474 g/mol. The summed E-state index contributed by atoms with van der Waals surface area (Å²) >= 11 is 0. The van der Waals surface area contributed by atoms with E-state index >= 15 is 0 Å². The number of aromatic nitrogens is 1. The van der Waals surface area contributed by atoms with Crippen molar-refractivity contribution in [3.05, 3.63) is 35.2 Å². The third-order valence-electron chi connectivity index (χ3n) is 6.29. The van der Waals surface area contributed by atoms with Crippen molar-refractivity contribution in [2.75, 3.05) is 51.5 Å². The molecule has 2 aromatic rings. The van der Waals surface area contributed by atoms with Crippen molar-refractivity contribution in [2.45, 2.75) is 39.8 Å². The molecule has 3 amide bonds. The number of methoxy groups -OCH3 is 1. The van der Waals surface area contributed by atoms with Gasteiger partial charge in [0.1, 0.15) is 23.7 Å². The zero-order valence-electron chi connectivity index (χ0n) is 21.0. The van der Waals surface area contributed by atoms with E-state index in [9.17, 15) is 9.59 Å². The van der Waals surface area contributed by atoms with E-state index < -0.39 is 6.03 Å². The van der Waals surface area contributed by atoms with Gasteiger partial charge in [0.05, 0.1) is 11.7 Å². The molecule has 3 rings (SSSR count). The van der Waals surface area contributed by atoms with Crippen molar-refractivity contribution in [2.24, 2.45) is 5.92 Å². The Bertz CT molecular complexity index is 1000. The normalized spacial score (nSPS) is 22.3. The Morgan fingerprint density at radius 1 is 1.18 bits per heavy atom. The first-order valence-corrected chi connectivity index (χ1v) is 11.4. The molecule has 0 radical (unpaired) electrons. The first-order chi connectivity index (χ1) is 16.1. The Balaban J connectivity index is 1.85. The molecule has 0 aliphatic carbocycles. The van der Waals surface area contributed by atoms with Gasteiger partial charge in [-0.05, 0) is 45.9 Å². The molecule has 0 unspecified atom stereocenters. The number of hydrogen-bond acceptors (Lipinski definition) is 7. The minimum Gasteiger partial charge on any atom is -0.491 e. The maximum atomic E-state index is 13.2. The molecule has 34 heavy (non-hydrogen) atoms. The van der Waals surface area contributed by atoms with Crippen LogP contribution in [0, 0.1) is 19.8 Å². The van der Waals surface area contributed by atoms with Crippen LogP contribution in [0.2, 0.25) is 0 Å². The van der Waals surface area contributed by atoms with E-state index in [0.717, 1.165) is 6.54 Å². The summed E-state index contributed by atoms with van der Waals surface area (Å²) in [5.74, 6) is 0.991. The predicted octanol–water partition coefficient (Wildman–Crippen LogP) is 3.37. The van der Waals surface area contributed by atoms with E-state index in [1.807, 2.05) is 0 Å². The van der Waals surface area contributed by atoms with Crippen LogP contribution < -0.4 is 15.4 Å². The maximum Gasteiger partial charge on any atom is 0.323 e. The SMILES string of the molecule is CO[C@@H]1CN(C)C(=O)c2ccc(NC(=O)Nc3c(C)noc3C)cc2OC[C@@H](C)N(C)C[C@H]1C. The fourth-order valence-corrected chi connectivity index (χ4v) is 3.97. The molecule has 0 fully saturated rings. The van der Waals surface area contributed by atoms with Gasteiger partial charge in [-0.2, -0.15) is 0 Å². The lowest BCUT2D eigenvalue weighted by molar-refractivity contribution is 0.0150. The standard InChI is InChI=1S/C24H35N5O5/c1-14-11-28(5)15(2)13-33-20-10-18(25-24(31)26-22-16(3)27-34-17(22)4)8-9-19(20)23(30)29(6)12-21(14)32-7/h8-10,14-15,21H,11-13H2,1-7H3,(H2,25,26,31)/t14-,15-,21-/m1/s1. The Labute approximate surface area is 200 Å². The molecule has 1 aliphatic rings. The third-order valence-corrected chi connectivity index (χ3v) is 6.29. The van der Waals surface area contributed by atoms with Crippen molar-refractivity contribution in [1.29, 1.82) is 0 Å². The number of aryl methyl sites for hydroxylation is 2. The molecule has 0 spiro atoms. The second-order valence-corrected chi connectivity index (χ2v) is 9.03. The summed E-state index contributed by atoms with van der Waals surface area (Å²) in [5, 5.41) is 9.36. The van der Waals surface area contributed by atoms with Crippen LogP contribution in [0.3, 0.4) is 0 Å². The van der Waals surface area contributed by atoms with Crippen LogP contribution in [0.15, 0.2) is 22.7 Å². The van der Waals surface area contributed by atoms with Gasteiger partial charge in [-0.3, -0.25) is 9.69 Å². The number of carbonyl (C=O) groups is 2. The first kappa shape index (κ1) is 25.5. The van der Waals surface area contributed by atoms with Crippen LogP contribution in [0.1, 0.15) is 35.7 Å². The third kappa shape index (κ3) is 5.87. The second-order valence-electron chi connectivity index (χ2n) is 9.03. The predicted molar refractivity (Wildman–Crippen MR) is 130 cm³/mol. The van der Waals surface area contributed by atoms with Crippen LogP contribution in [-0.2, 0) is 4.74 Å². The minimum absolute atomic E-state index is 0.0960. The van der Waals surface area contributed by atoms with E-state index in [0.29, 0.717) is 47.3 Å². The maximum absolute atomic E-state index is 13.2. The number of urea groups is 1. The molecule has 1 aliphatic heterocycles. The van der Waals surface area contributed by atoms with Crippen molar-refractivity contribution < 1.29 is 23.6 Å². The largest absolute Gasteiger partial charge is 0.491 e. The summed E-state index contributed by atoms with van der Waals surface area (Å²) in [7, 11) is 5.49. The highest BCUT2D eigenvalue weighted by molar-refractivity contribution is 6.02. The van der Waals surface area contributed by atoms with E-state index in [-0.39, 0.29) is 24.0 Å². The molecule has 2 heterocycles. The van der Waals surface area contributed by atoms with Crippen molar-refractivity contribution >= 4 is 23.3 Å². The van der Waals surface area contributed by atoms with Gasteiger partial charge in [0.15, 0.2) is 5.76 Å². The van der Waals surface area contributed by atoms with Gasteiger partial charge >= 0.3 is 6.03 Å². The van der Waals surface area contributed by atoms with Gasteiger partial charge in [-0.15, -0.1) is 0 Å². The van der Waals surface area contributed by atoms with Crippen molar-refractivity contribution in [1.82, 2.24) is 15.0 Å². The first-order valence-electron chi connectivity index (χ1n) is 11.4. The highest BCUT2D eigenvalue weighted by atomic mass is 16.5. The quantitative estimate of drug-likeness (QED) is 0.703. The molecule has 186 valence electrons. The molecular weight excluding hydrogens is 438 g/mol. The molecule has 3 atom stereocenters. The van der Waals surface area contributed by atoms with Gasteiger partial charge in [0.25, 0.3) is 5.91 Å². The van der Waals surface area contributed by atoms with Crippen LogP contribution in [0.5, 0.6) is 5.75 Å². The van der Waals surface area contributed by atoms with Crippen LogP contribution in [0.4, 0.5) is 16.2 Å². The summed E-state index contributed by atoms with van der Waals surface area (Å²) in [6.07, 6.45) is -0.0960. The second kappa shape index (κ2) is 10.9. The Morgan fingerprint density at radius 2 is 1.91 bits per heavy atom. The lowest BCUT2D eigenvalue weighted by Crippen LogP contribution is -2.45. The highest BCUT2D eigenvalue weighted by Gasteiger charge is 2.27. The number of nitrogens with zero attached hydrogens (tertiary/aromatic N) is 3. The Hall–Kier alpha value is -3.11. The number of nitrogens with one attached hydrogen (secondary N) is 2. The average Bonchev–Trinajstić information content (AvgIpc) is 3.11. The number of ether oxygens (including phenoxy) is 2. The Kier molecular flexibility index (Phi) is 8.16. The molecule has 1 aromatic carbocycles. The van der Waals surface area contributed by atoms with Crippen molar-refractivity contribution in [3.8, 4) is 5.75 Å². The van der Waals surface area contributed by atoms with Crippen LogP contribution >= 0.6 is 0 Å². The number of fused-ring (bicyclic) bond motifs is 1. The fraction of sp³-hybridized carbons (Fsp3) is 0.542. The zero-order valence-corrected chi connectivity index (χ0v) is 21.0. The number of hydrogen-bond donors (Lipinski definition) is 2. The van der Waals surface area contributed by atoms with Gasteiger partial charge in [-0.1, -0.05) is 12.1 Å². The lowest BCUT2D eigenvalue weighted by atomic mass is 10.0. The number of amides is 3. The molecule has 10 nitrogen and oxygen atoms in total. The summed E-state index contributed by atoms with van der Waals surface area (Å²) in [6.45, 7) is 9.32. The van der Waals surface area contributed by atoms with Gasteiger partial charge in [0, 0.05) is 45.0 Å². The van der Waals surface area contributed by atoms with Crippen LogP contribution in [-0.4, -0.2) is 79.9 Å². The van der Waals surface area contributed by atoms with Gasteiger partial charge in [-0.25, -0.2) is 4.79 Å². The monoisotopic (exact) mass is 473 g/mol. The smallest absolute Gasteiger partial charge is 0.323 e. The Morgan fingerprint density at radius 3 is 2.56 bits per heavy atom. The molecule has 0 bridgehead atoms. The summed E-state index contributed by atoms with van der Waals surface area (Å²) in [4.78, 5) is 29.7. The summed E-state index contributed by atoms with van der Waals surface area (Å²) in [5.41, 5.74) is 2.03. The number of anilines is 2. The molecule has 2 N–H and O–H groups in total. The number of likely N-dealkylation sites (N-methyl/N-ethyl adjacent to an activating group) is 2. The fourth-order valence-electron chi connectivity index (χ4n) is 3.97. The van der Waals surface area contributed by atoms with E-state index in [2.05, 4.69) is 41.6 Å². The van der Waals surface area contributed by atoms with Gasteiger partial charge < -0.3 is 29.5 Å². The van der Waals surface area contributed by atoms with E-state index in [1.54, 1.807) is 51.1 Å². The summed E-state index contributed by atoms with van der Waals surface area (Å²) < 4.78 is 16.9. The van der Waals surface area contributed by atoms with Gasteiger partial charge in [0.2, 0.25) is 0 Å². The minimum atomic E-state index is -0.448. The number of carbonyl (C=O) groups excluding carboxylic acids is 2. The van der Waals surface area contributed by atoms with E-state index in [4.69, 9.17) is 14.0 Å².